The van der Waals surface area contributed by atoms with E-state index in [4.69, 9.17) is 13.9 Å². The monoisotopic (exact) mass is 522 g/mol. The maximum atomic E-state index is 14.0. The van der Waals surface area contributed by atoms with E-state index < -0.39 is 19.5 Å². The third-order valence-corrected chi connectivity index (χ3v) is 15.1. The quantitative estimate of drug-likeness (QED) is 0.219. The molecule has 1 aromatic rings. The first-order valence-electron chi connectivity index (χ1n) is 14.1. The molecule has 3 fully saturated rings. The van der Waals surface area contributed by atoms with Crippen LogP contribution in [-0.2, 0) is 25.3 Å². The van der Waals surface area contributed by atoms with Crippen molar-refractivity contribution in [1.82, 2.24) is 0 Å². The lowest BCUT2D eigenvalue weighted by atomic mass is 9.68. The summed E-state index contributed by atoms with van der Waals surface area (Å²) in [6, 6.07) is 10.1. The van der Waals surface area contributed by atoms with Gasteiger partial charge in [0, 0.05) is 23.7 Å². The number of esters is 1. The van der Waals surface area contributed by atoms with E-state index in [2.05, 4.69) is 79.4 Å². The van der Waals surface area contributed by atoms with E-state index in [9.17, 15) is 4.79 Å². The van der Waals surface area contributed by atoms with E-state index in [1.807, 2.05) is 18.2 Å². The van der Waals surface area contributed by atoms with Crippen molar-refractivity contribution in [2.45, 2.75) is 109 Å². The van der Waals surface area contributed by atoms with Crippen molar-refractivity contribution in [3.05, 3.63) is 59.7 Å². The molecule has 1 heterocycles. The summed E-state index contributed by atoms with van der Waals surface area (Å²) in [7, 11) is -1.95. The van der Waals surface area contributed by atoms with E-state index in [0.717, 1.165) is 30.4 Å². The van der Waals surface area contributed by atoms with Crippen molar-refractivity contribution < 1.29 is 18.7 Å². The Hall–Kier alpha value is -1.69. The van der Waals surface area contributed by atoms with Crippen molar-refractivity contribution in [3.8, 4) is 0 Å². The topological polar surface area (TPSA) is 44.8 Å². The summed E-state index contributed by atoms with van der Waals surface area (Å²) in [6.45, 7) is 23.1. The summed E-state index contributed by atoms with van der Waals surface area (Å²) in [5.74, 6) is 0.450. The average Bonchev–Trinajstić information content (AvgIpc) is 3.46. The van der Waals surface area contributed by atoms with Crippen LogP contribution in [0.25, 0.3) is 0 Å². The van der Waals surface area contributed by atoms with Crippen LogP contribution < -0.4 is 0 Å². The maximum absolute atomic E-state index is 14.0. The highest BCUT2D eigenvalue weighted by molar-refractivity contribution is 6.74. The molecule has 5 heteroatoms. The average molecular weight is 523 g/mol. The number of hydrogen-bond donors (Lipinski definition) is 0. The first-order chi connectivity index (χ1) is 17.1. The zero-order valence-electron chi connectivity index (χ0n) is 24.1. The molecular weight excluding hydrogens is 476 g/mol. The summed E-state index contributed by atoms with van der Waals surface area (Å²) < 4.78 is 20.1. The second-order valence-electron chi connectivity index (χ2n) is 14.4. The van der Waals surface area contributed by atoms with E-state index in [0.29, 0.717) is 18.9 Å². The van der Waals surface area contributed by atoms with Gasteiger partial charge >= 0.3 is 5.97 Å². The molecule has 0 amide bonds. The molecular formula is C32H46O4Si. The lowest BCUT2D eigenvalue weighted by Gasteiger charge is -2.50. The van der Waals surface area contributed by atoms with Gasteiger partial charge in [-0.15, -0.1) is 0 Å². The minimum Gasteiger partial charge on any atom is -0.452 e. The second-order valence-corrected chi connectivity index (χ2v) is 19.1. The Morgan fingerprint density at radius 3 is 2.43 bits per heavy atom. The number of ether oxygens (including phenoxy) is 2. The minimum absolute atomic E-state index is 0.0932. The van der Waals surface area contributed by atoms with Gasteiger partial charge in [-0.2, -0.15) is 0 Å². The fourth-order valence-corrected chi connectivity index (χ4v) is 8.76. The molecule has 0 spiro atoms. The summed E-state index contributed by atoms with van der Waals surface area (Å²) >= 11 is 0. The van der Waals surface area contributed by atoms with Crippen LogP contribution >= 0.6 is 0 Å². The van der Waals surface area contributed by atoms with Crippen LogP contribution in [-0.4, -0.2) is 31.6 Å². The Morgan fingerprint density at radius 1 is 1.11 bits per heavy atom. The molecule has 1 saturated heterocycles. The zero-order valence-corrected chi connectivity index (χ0v) is 25.1. The predicted molar refractivity (Wildman–Crippen MR) is 150 cm³/mol. The van der Waals surface area contributed by atoms with Crippen LogP contribution in [0.2, 0.25) is 18.1 Å². The van der Waals surface area contributed by atoms with E-state index in [-0.39, 0.29) is 34.4 Å². The summed E-state index contributed by atoms with van der Waals surface area (Å²) in [5, 5.41) is 0.144. The Morgan fingerprint density at radius 2 is 1.78 bits per heavy atom. The van der Waals surface area contributed by atoms with Crippen molar-refractivity contribution in [2.24, 2.45) is 23.2 Å². The molecule has 4 nitrogen and oxygen atoms in total. The fraction of sp³-hybridized carbons (Fsp3) is 0.656. The van der Waals surface area contributed by atoms with Gasteiger partial charge in [-0.25, -0.2) is 4.79 Å². The van der Waals surface area contributed by atoms with Crippen molar-refractivity contribution in [1.29, 1.82) is 0 Å². The standard InChI is InChI=1S/C32H46O4Si/c1-21-18-32(34-20-22-13-11-10-12-14-22)27-24(21)15-16-25(27)31(7,35-28(32)33)23-17-26(30(5,6)19-23)36-37(8,9)29(2,3)4/h10-14,19,24-27H,1,15-18,20H2,2-9H3/t24-,25+,26+,27+,31+,32-/m0/s1. The highest BCUT2D eigenvalue weighted by Gasteiger charge is 2.70. The van der Waals surface area contributed by atoms with Crippen LogP contribution in [0.15, 0.2) is 54.1 Å². The van der Waals surface area contributed by atoms with Crippen LogP contribution in [0.5, 0.6) is 0 Å². The minimum atomic E-state index is -1.95. The SMILES string of the molecule is C=C1C[C@@]2(OCc3ccccc3)C(=O)O[C@](C)(C3=CC(C)(C)[C@H](O[Si](C)(C)C(C)(C)C)C3)[C@@H]3CC[C@@H]1[C@H]32. The highest BCUT2D eigenvalue weighted by atomic mass is 28.4. The lowest BCUT2D eigenvalue weighted by molar-refractivity contribution is -0.223. The molecule has 6 atom stereocenters. The van der Waals surface area contributed by atoms with Gasteiger partial charge in [0.05, 0.1) is 12.7 Å². The van der Waals surface area contributed by atoms with Crippen molar-refractivity contribution >= 4 is 14.3 Å². The molecule has 0 unspecified atom stereocenters. The molecule has 3 aliphatic carbocycles. The first kappa shape index (κ1) is 26.9. The van der Waals surface area contributed by atoms with Gasteiger partial charge in [-0.3, -0.25) is 0 Å². The molecule has 0 aromatic heterocycles. The van der Waals surface area contributed by atoms with Crippen LogP contribution in [0, 0.1) is 23.2 Å². The molecule has 2 saturated carbocycles. The smallest absolute Gasteiger partial charge is 0.339 e. The van der Waals surface area contributed by atoms with Gasteiger partial charge in [0.25, 0.3) is 0 Å². The Bertz CT molecular complexity index is 1110. The van der Waals surface area contributed by atoms with Crippen LogP contribution in [0.3, 0.4) is 0 Å². The maximum Gasteiger partial charge on any atom is 0.339 e. The molecule has 37 heavy (non-hydrogen) atoms. The molecule has 0 radical (unpaired) electrons. The summed E-state index contributed by atoms with van der Waals surface area (Å²) in [6.07, 6.45) is 5.93. The van der Waals surface area contributed by atoms with Gasteiger partial charge in [0.1, 0.15) is 5.60 Å². The molecule has 202 valence electrons. The molecule has 0 bridgehead atoms. The van der Waals surface area contributed by atoms with Crippen molar-refractivity contribution in [2.75, 3.05) is 0 Å². The van der Waals surface area contributed by atoms with E-state index in [1.54, 1.807) is 0 Å². The van der Waals surface area contributed by atoms with E-state index >= 15 is 0 Å². The number of benzene rings is 1. The molecule has 1 aromatic carbocycles. The summed E-state index contributed by atoms with van der Waals surface area (Å²) in [5.41, 5.74) is 1.78. The largest absolute Gasteiger partial charge is 0.452 e. The Kier molecular flexibility index (Phi) is 6.29. The van der Waals surface area contributed by atoms with Crippen LogP contribution in [0.4, 0.5) is 0 Å². The number of cyclic esters (lactones) is 1. The van der Waals surface area contributed by atoms with Gasteiger partial charge in [0.2, 0.25) is 0 Å². The lowest BCUT2D eigenvalue weighted by Crippen LogP contribution is -2.61. The molecule has 0 N–H and O–H groups in total. The number of carbonyl (C=O) groups is 1. The van der Waals surface area contributed by atoms with Crippen molar-refractivity contribution in [3.63, 3.8) is 0 Å². The third kappa shape index (κ3) is 4.20. The van der Waals surface area contributed by atoms with Crippen LogP contribution in [0.1, 0.15) is 72.8 Å². The second kappa shape index (κ2) is 8.66. The zero-order chi connectivity index (χ0) is 27.0. The van der Waals surface area contributed by atoms with Gasteiger partial charge < -0.3 is 13.9 Å². The number of hydrogen-bond acceptors (Lipinski definition) is 4. The summed E-state index contributed by atoms with van der Waals surface area (Å²) in [4.78, 5) is 14.0. The van der Waals surface area contributed by atoms with Gasteiger partial charge in [-0.05, 0) is 61.4 Å². The molecule has 5 rings (SSSR count). The predicted octanol–water partition coefficient (Wildman–Crippen LogP) is 7.61. The molecule has 4 aliphatic rings. The fourth-order valence-electron chi connectivity index (χ4n) is 7.31. The Balaban J connectivity index is 1.44. The van der Waals surface area contributed by atoms with Gasteiger partial charge in [-0.1, -0.05) is 83.2 Å². The molecule has 1 aliphatic heterocycles. The van der Waals surface area contributed by atoms with E-state index in [1.165, 1.54) is 5.57 Å². The number of rotatable bonds is 6. The third-order valence-electron chi connectivity index (χ3n) is 10.6. The highest BCUT2D eigenvalue weighted by Crippen LogP contribution is 2.65. The normalized spacial score (nSPS) is 36.9. The first-order valence-corrected chi connectivity index (χ1v) is 17.0. The Labute approximate surface area is 225 Å². The van der Waals surface area contributed by atoms with Gasteiger partial charge in [0.15, 0.2) is 13.9 Å². The number of carbonyl (C=O) groups excluding carboxylic acids is 1.